The Morgan fingerprint density at radius 2 is 2.29 bits per heavy atom. The van der Waals surface area contributed by atoms with Crippen LogP contribution in [0.1, 0.15) is 0 Å². The second-order valence-corrected chi connectivity index (χ2v) is 3.34. The van der Waals surface area contributed by atoms with Crippen LogP contribution in [0.5, 0.6) is 0 Å². The molecule has 0 aliphatic carbocycles. The van der Waals surface area contributed by atoms with E-state index < -0.39 is 16.3 Å². The van der Waals surface area contributed by atoms with Crippen LogP contribution in [0, 0.1) is 0 Å². The van der Waals surface area contributed by atoms with Crippen molar-refractivity contribution in [2.24, 2.45) is 10.8 Å². The van der Waals surface area contributed by atoms with Gasteiger partial charge in [0, 0.05) is 6.20 Å². The summed E-state index contributed by atoms with van der Waals surface area (Å²) in [6.45, 7) is 0. The second-order valence-electron chi connectivity index (χ2n) is 2.10. The van der Waals surface area contributed by atoms with Crippen molar-refractivity contribution in [1.29, 1.82) is 0 Å². The first-order chi connectivity index (χ1) is 6.43. The molecule has 0 radical (unpaired) electrons. The first kappa shape index (κ1) is 10.3. The van der Waals surface area contributed by atoms with E-state index in [1.165, 1.54) is 18.5 Å². The van der Waals surface area contributed by atoms with Crippen molar-refractivity contribution in [3.05, 3.63) is 12.3 Å². The molecule has 14 heavy (non-hydrogen) atoms. The van der Waals surface area contributed by atoms with Gasteiger partial charge in [-0.3, -0.25) is 9.98 Å². The summed E-state index contributed by atoms with van der Waals surface area (Å²) in [5.74, 6) is 0. The molecule has 0 fully saturated rings. The van der Waals surface area contributed by atoms with E-state index >= 15 is 0 Å². The van der Waals surface area contributed by atoms with Gasteiger partial charge in [0.25, 0.3) is 0 Å². The van der Waals surface area contributed by atoms with Gasteiger partial charge in [-0.05, 0) is 6.08 Å². The molecule has 2 amide bonds. The molecule has 0 aromatic heterocycles. The molecule has 1 aliphatic heterocycles. The van der Waals surface area contributed by atoms with Crippen molar-refractivity contribution in [2.75, 3.05) is 0 Å². The van der Waals surface area contributed by atoms with Gasteiger partial charge >= 0.3 is 16.3 Å². The molecule has 0 saturated carbocycles. The zero-order valence-corrected chi connectivity index (χ0v) is 7.55. The Morgan fingerprint density at radius 3 is 2.64 bits per heavy atom. The molecule has 1 rings (SSSR count). The topological polar surface area (TPSA) is 128 Å². The van der Waals surface area contributed by atoms with Crippen molar-refractivity contribution in [3.63, 3.8) is 0 Å². The maximum absolute atomic E-state index is 10.7. The Morgan fingerprint density at radius 1 is 1.64 bits per heavy atom. The molecular weight excluding hydrogens is 214 g/mol. The number of carbonyl (C=O) groups excluding carboxylic acids is 1. The van der Waals surface area contributed by atoms with Crippen LogP contribution in [-0.4, -0.2) is 34.9 Å². The van der Waals surface area contributed by atoms with E-state index in [1.54, 1.807) is 0 Å². The van der Waals surface area contributed by atoms with Crippen LogP contribution in [0.2, 0.25) is 0 Å². The lowest BCUT2D eigenvalue weighted by molar-refractivity contribution is 0.0482. The average Bonchev–Trinajstić information content (AvgIpc) is 2.02. The van der Waals surface area contributed by atoms with Crippen molar-refractivity contribution in [2.45, 2.75) is 0 Å². The van der Waals surface area contributed by atoms with Crippen molar-refractivity contribution in [1.82, 2.24) is 15.1 Å². The number of amides is 2. The van der Waals surface area contributed by atoms with Crippen LogP contribution in [0.25, 0.3) is 0 Å². The Labute approximate surface area is 79.3 Å². The third-order valence-corrected chi connectivity index (χ3v) is 1.90. The number of urea groups is 1. The summed E-state index contributed by atoms with van der Waals surface area (Å²) in [4.78, 5) is 10.7. The van der Waals surface area contributed by atoms with Gasteiger partial charge in [-0.25, -0.2) is 4.79 Å². The SMILES string of the molecule is NC(=O)N(N1N=CC=CN1)S(=O)(=O)O. The fourth-order valence-electron chi connectivity index (χ4n) is 0.692. The lowest BCUT2D eigenvalue weighted by atomic mass is 10.7. The van der Waals surface area contributed by atoms with Gasteiger partial charge in [0.15, 0.2) is 0 Å². The lowest BCUT2D eigenvalue weighted by Crippen LogP contribution is -2.54. The largest absolute Gasteiger partial charge is 0.384 e. The minimum atomic E-state index is -4.79. The smallest absolute Gasteiger partial charge is 0.349 e. The fourth-order valence-corrected chi connectivity index (χ4v) is 1.20. The molecule has 9 nitrogen and oxygen atoms in total. The number of hydrogen-bond acceptors (Lipinski definition) is 6. The molecule has 1 aliphatic rings. The van der Waals surface area contributed by atoms with Gasteiger partial charge in [0.2, 0.25) is 0 Å². The Bertz CT molecular complexity index is 387. The van der Waals surface area contributed by atoms with Crippen LogP contribution < -0.4 is 11.2 Å². The number of allylic oxidation sites excluding steroid dienone is 1. The number of nitrogens with zero attached hydrogens (tertiary/aromatic N) is 3. The maximum atomic E-state index is 10.7. The molecule has 0 unspecified atom stereocenters. The Hall–Kier alpha value is -1.81. The quantitative estimate of drug-likeness (QED) is 0.482. The van der Waals surface area contributed by atoms with Crippen molar-refractivity contribution >= 4 is 22.5 Å². The van der Waals surface area contributed by atoms with Crippen LogP contribution in [0.3, 0.4) is 0 Å². The normalized spacial score (nSPS) is 15.1. The van der Waals surface area contributed by atoms with Gasteiger partial charge in [0.05, 0.1) is 6.21 Å². The van der Waals surface area contributed by atoms with Gasteiger partial charge in [-0.2, -0.15) is 8.42 Å². The molecule has 0 atom stereocenters. The number of nitrogens with one attached hydrogen (secondary N) is 1. The lowest BCUT2D eigenvalue weighted by Gasteiger charge is -2.27. The zero-order chi connectivity index (χ0) is 10.8. The number of primary amides is 1. The summed E-state index contributed by atoms with van der Waals surface area (Å²) in [5.41, 5.74) is 6.97. The van der Waals surface area contributed by atoms with E-state index in [2.05, 4.69) is 10.5 Å². The summed E-state index contributed by atoms with van der Waals surface area (Å²) < 4.78 is 29.8. The molecule has 78 valence electrons. The van der Waals surface area contributed by atoms with E-state index in [9.17, 15) is 13.2 Å². The van der Waals surface area contributed by atoms with Gasteiger partial charge in [-0.15, -0.1) is 5.10 Å². The number of hydrogen-bond donors (Lipinski definition) is 3. The minimum Gasteiger partial charge on any atom is -0.349 e. The molecule has 0 saturated heterocycles. The molecule has 10 heteroatoms. The highest BCUT2D eigenvalue weighted by Crippen LogP contribution is 2.03. The summed E-state index contributed by atoms with van der Waals surface area (Å²) in [5, 5.41) is 3.88. The molecular formula is C4H7N5O4S. The van der Waals surface area contributed by atoms with E-state index in [-0.39, 0.29) is 4.41 Å². The van der Waals surface area contributed by atoms with Gasteiger partial charge < -0.3 is 5.73 Å². The second kappa shape index (κ2) is 3.51. The molecule has 0 aromatic rings. The summed E-state index contributed by atoms with van der Waals surface area (Å²) in [7, 11) is -4.79. The van der Waals surface area contributed by atoms with E-state index in [0.717, 1.165) is 0 Å². The number of hydrazine groups is 2. The van der Waals surface area contributed by atoms with E-state index in [1.807, 2.05) is 0 Å². The van der Waals surface area contributed by atoms with Gasteiger partial charge in [0.1, 0.15) is 0 Å². The monoisotopic (exact) mass is 221 g/mol. The highest BCUT2D eigenvalue weighted by atomic mass is 32.2. The predicted molar refractivity (Wildman–Crippen MR) is 45.6 cm³/mol. The third-order valence-electron chi connectivity index (χ3n) is 1.13. The Kier molecular flexibility index (Phi) is 2.58. The zero-order valence-electron chi connectivity index (χ0n) is 6.73. The van der Waals surface area contributed by atoms with Gasteiger partial charge in [-0.1, -0.05) is 9.64 Å². The van der Waals surface area contributed by atoms with Crippen LogP contribution in [0.4, 0.5) is 4.79 Å². The number of hydrazone groups is 1. The Balaban J connectivity index is 2.95. The van der Waals surface area contributed by atoms with Crippen LogP contribution in [0.15, 0.2) is 17.4 Å². The van der Waals surface area contributed by atoms with Crippen molar-refractivity contribution in [3.8, 4) is 0 Å². The molecule has 4 N–H and O–H groups in total. The third kappa shape index (κ3) is 2.11. The summed E-state index contributed by atoms with van der Waals surface area (Å²) in [6.07, 6.45) is 3.92. The highest BCUT2D eigenvalue weighted by Gasteiger charge is 2.30. The van der Waals surface area contributed by atoms with Crippen LogP contribution in [-0.2, 0) is 10.3 Å². The molecule has 0 spiro atoms. The summed E-state index contributed by atoms with van der Waals surface area (Å²) >= 11 is 0. The maximum Gasteiger partial charge on any atom is 0.384 e. The summed E-state index contributed by atoms with van der Waals surface area (Å²) in [6, 6.07) is -1.40. The molecule has 0 aromatic carbocycles. The first-order valence-electron chi connectivity index (χ1n) is 3.25. The molecule has 0 bridgehead atoms. The predicted octanol–water partition coefficient (Wildman–Crippen LogP) is -1.60. The average molecular weight is 221 g/mol. The van der Waals surface area contributed by atoms with E-state index in [0.29, 0.717) is 5.23 Å². The van der Waals surface area contributed by atoms with Crippen molar-refractivity contribution < 1.29 is 17.8 Å². The van der Waals surface area contributed by atoms with Crippen LogP contribution >= 0.6 is 0 Å². The standard InChI is InChI=1S/C4H7N5O4S/c5-4(10)8(14(11,12)13)9-6-2-1-3-7-9/h1-3,6H,(H2,5,10)(H,11,12,13). The first-order valence-corrected chi connectivity index (χ1v) is 4.65. The van der Waals surface area contributed by atoms with E-state index in [4.69, 9.17) is 10.3 Å². The fraction of sp³-hybridized carbons (Fsp3) is 0. The number of nitrogens with two attached hydrogens (primary N) is 1. The number of carbonyl (C=O) groups is 1. The number of rotatable bonds is 2. The highest BCUT2D eigenvalue weighted by molar-refractivity contribution is 7.83. The molecule has 1 heterocycles. The minimum absolute atomic E-state index is 0.146.